The molecule has 0 saturated carbocycles. The summed E-state index contributed by atoms with van der Waals surface area (Å²) in [6.07, 6.45) is 0. The number of rotatable bonds is 9. The Morgan fingerprint density at radius 1 is 0.865 bits per heavy atom. The average molecular weight is 510 g/mol. The summed E-state index contributed by atoms with van der Waals surface area (Å²) >= 11 is 1.44. The number of hydrogen-bond donors (Lipinski definition) is 0. The molecule has 37 heavy (non-hydrogen) atoms. The van der Waals surface area contributed by atoms with E-state index in [0.717, 1.165) is 22.5 Å². The predicted molar refractivity (Wildman–Crippen MR) is 146 cm³/mol. The van der Waals surface area contributed by atoms with E-state index < -0.39 is 0 Å². The van der Waals surface area contributed by atoms with E-state index in [4.69, 9.17) is 14.6 Å². The highest BCUT2D eigenvalue weighted by atomic mass is 32.1. The van der Waals surface area contributed by atoms with E-state index in [1.165, 1.54) is 11.3 Å². The number of methoxy groups -OCH3 is 1. The fourth-order valence-electron chi connectivity index (χ4n) is 4.13. The topological polar surface area (TPSA) is 56.6 Å². The fourth-order valence-corrected chi connectivity index (χ4v) is 4.82. The molecule has 0 unspecified atom stereocenters. The van der Waals surface area contributed by atoms with Crippen molar-refractivity contribution in [1.29, 1.82) is 0 Å². The van der Waals surface area contributed by atoms with Gasteiger partial charge in [0.25, 0.3) is 5.91 Å². The lowest BCUT2D eigenvalue weighted by Crippen LogP contribution is -2.29. The molecule has 0 aliphatic heterocycles. The standard InChI is InChI=1S/C30H27N3O3S/c1-22-25(21-32(20-23-12-5-3-6-13-23)29(34)28-18-11-19-37-28)30(33(31-22)24-14-7-4-8-15-24)36-27-17-10-9-16-26(27)35-2/h3-19H,20-21H2,1-2H3. The zero-order valence-corrected chi connectivity index (χ0v) is 21.5. The Bertz CT molecular complexity index is 1470. The number of ether oxygens (including phenoxy) is 2. The van der Waals surface area contributed by atoms with Gasteiger partial charge in [-0.3, -0.25) is 4.79 Å². The van der Waals surface area contributed by atoms with Crippen LogP contribution in [0.5, 0.6) is 17.4 Å². The second-order valence-electron chi connectivity index (χ2n) is 8.49. The maximum Gasteiger partial charge on any atom is 0.264 e. The molecule has 0 aliphatic carbocycles. The highest BCUT2D eigenvalue weighted by molar-refractivity contribution is 7.12. The van der Waals surface area contributed by atoms with Gasteiger partial charge in [0.15, 0.2) is 11.5 Å². The van der Waals surface area contributed by atoms with E-state index in [0.29, 0.717) is 35.3 Å². The normalized spacial score (nSPS) is 10.8. The number of nitrogens with zero attached hydrogens (tertiary/aromatic N) is 3. The molecule has 5 aromatic rings. The van der Waals surface area contributed by atoms with Gasteiger partial charge < -0.3 is 14.4 Å². The van der Waals surface area contributed by atoms with Crippen molar-refractivity contribution in [3.63, 3.8) is 0 Å². The molecule has 7 heteroatoms. The number of aromatic nitrogens is 2. The van der Waals surface area contributed by atoms with Crippen LogP contribution in [0.15, 0.2) is 102 Å². The number of amides is 1. The van der Waals surface area contributed by atoms with Gasteiger partial charge in [0.2, 0.25) is 5.88 Å². The summed E-state index contributed by atoms with van der Waals surface area (Å²) in [5.74, 6) is 1.70. The van der Waals surface area contributed by atoms with Gasteiger partial charge in [-0.15, -0.1) is 11.3 Å². The molecule has 0 N–H and O–H groups in total. The molecule has 0 bridgehead atoms. The number of carbonyl (C=O) groups excluding carboxylic acids is 1. The molecule has 6 nitrogen and oxygen atoms in total. The summed E-state index contributed by atoms with van der Waals surface area (Å²) in [6, 6.07) is 31.1. The third-order valence-electron chi connectivity index (χ3n) is 6.00. The second kappa shape index (κ2) is 11.1. The summed E-state index contributed by atoms with van der Waals surface area (Å²) in [5, 5.41) is 6.75. The first-order valence-corrected chi connectivity index (χ1v) is 12.8. The predicted octanol–water partition coefficient (Wildman–Crippen LogP) is 6.89. The summed E-state index contributed by atoms with van der Waals surface area (Å²) in [4.78, 5) is 16.2. The van der Waals surface area contributed by atoms with Gasteiger partial charge in [0.1, 0.15) is 0 Å². The number of carbonyl (C=O) groups is 1. The van der Waals surface area contributed by atoms with Crippen molar-refractivity contribution in [2.75, 3.05) is 7.11 Å². The number of aryl methyl sites for hydroxylation is 1. The third kappa shape index (κ3) is 5.42. The van der Waals surface area contributed by atoms with Crippen molar-refractivity contribution in [3.05, 3.63) is 124 Å². The van der Waals surface area contributed by atoms with E-state index in [1.54, 1.807) is 11.8 Å². The van der Waals surface area contributed by atoms with Crippen LogP contribution in [0.3, 0.4) is 0 Å². The van der Waals surface area contributed by atoms with E-state index in [2.05, 4.69) is 0 Å². The molecule has 0 aliphatic rings. The molecule has 2 heterocycles. The quantitative estimate of drug-likeness (QED) is 0.217. The van der Waals surface area contributed by atoms with Crippen molar-refractivity contribution in [2.45, 2.75) is 20.0 Å². The molecule has 0 atom stereocenters. The zero-order chi connectivity index (χ0) is 25.6. The Labute approximate surface area is 220 Å². The summed E-state index contributed by atoms with van der Waals surface area (Å²) in [6.45, 7) is 2.73. The molecule has 0 spiro atoms. The zero-order valence-electron chi connectivity index (χ0n) is 20.7. The van der Waals surface area contributed by atoms with Crippen LogP contribution in [0.4, 0.5) is 0 Å². The third-order valence-corrected chi connectivity index (χ3v) is 6.86. The molecule has 0 radical (unpaired) electrons. The minimum atomic E-state index is -0.0334. The van der Waals surface area contributed by atoms with Gasteiger partial charge in [0.05, 0.1) is 35.5 Å². The van der Waals surface area contributed by atoms with Crippen LogP contribution >= 0.6 is 11.3 Å². The van der Waals surface area contributed by atoms with Gasteiger partial charge in [0, 0.05) is 6.54 Å². The van der Waals surface area contributed by atoms with Gasteiger partial charge in [-0.05, 0) is 48.2 Å². The summed E-state index contributed by atoms with van der Waals surface area (Å²) in [5.41, 5.74) is 3.52. The Morgan fingerprint density at radius 2 is 1.54 bits per heavy atom. The monoisotopic (exact) mass is 509 g/mol. The summed E-state index contributed by atoms with van der Waals surface area (Å²) < 4.78 is 13.8. The lowest BCUT2D eigenvalue weighted by molar-refractivity contribution is 0.0734. The molecule has 186 valence electrons. The molecule has 5 rings (SSSR count). The van der Waals surface area contributed by atoms with Crippen LogP contribution in [0.25, 0.3) is 5.69 Å². The minimum Gasteiger partial charge on any atom is -0.493 e. The molecule has 1 amide bonds. The highest BCUT2D eigenvalue weighted by Crippen LogP contribution is 2.36. The van der Waals surface area contributed by atoms with E-state index in [-0.39, 0.29) is 5.91 Å². The first-order chi connectivity index (χ1) is 18.1. The van der Waals surface area contributed by atoms with Crippen LogP contribution in [-0.4, -0.2) is 27.7 Å². The van der Waals surface area contributed by atoms with Gasteiger partial charge >= 0.3 is 0 Å². The number of benzene rings is 3. The van der Waals surface area contributed by atoms with Crippen molar-refractivity contribution in [1.82, 2.24) is 14.7 Å². The van der Waals surface area contributed by atoms with E-state index in [9.17, 15) is 4.79 Å². The van der Waals surface area contributed by atoms with Crippen LogP contribution in [0.1, 0.15) is 26.5 Å². The highest BCUT2D eigenvalue weighted by Gasteiger charge is 2.25. The first kappa shape index (κ1) is 24.3. The maximum atomic E-state index is 13.6. The Morgan fingerprint density at radius 3 is 2.22 bits per heavy atom. The average Bonchev–Trinajstić information content (AvgIpc) is 3.58. The number of para-hydroxylation sites is 3. The fraction of sp³-hybridized carbons (Fsp3) is 0.133. The van der Waals surface area contributed by atoms with Gasteiger partial charge in [-0.25, -0.2) is 4.68 Å². The number of hydrogen-bond acceptors (Lipinski definition) is 5. The Hall–Kier alpha value is -4.36. The summed E-state index contributed by atoms with van der Waals surface area (Å²) in [7, 11) is 1.62. The lowest BCUT2D eigenvalue weighted by atomic mass is 10.1. The van der Waals surface area contributed by atoms with E-state index >= 15 is 0 Å². The Balaban J connectivity index is 1.59. The van der Waals surface area contributed by atoms with Gasteiger partial charge in [-0.1, -0.05) is 66.7 Å². The van der Waals surface area contributed by atoms with Crippen LogP contribution in [-0.2, 0) is 13.1 Å². The van der Waals surface area contributed by atoms with Crippen LogP contribution in [0.2, 0.25) is 0 Å². The molecule has 2 aromatic heterocycles. The largest absolute Gasteiger partial charge is 0.493 e. The van der Waals surface area contributed by atoms with Crippen molar-refractivity contribution in [3.8, 4) is 23.1 Å². The SMILES string of the molecule is COc1ccccc1Oc1c(CN(Cc2ccccc2)C(=O)c2cccs2)c(C)nn1-c1ccccc1. The van der Waals surface area contributed by atoms with Crippen molar-refractivity contribution in [2.24, 2.45) is 0 Å². The molecular weight excluding hydrogens is 482 g/mol. The van der Waals surface area contributed by atoms with Crippen molar-refractivity contribution < 1.29 is 14.3 Å². The molecule has 0 fully saturated rings. The van der Waals surface area contributed by atoms with Crippen LogP contribution < -0.4 is 9.47 Å². The molecular formula is C30H27N3O3S. The van der Waals surface area contributed by atoms with Crippen molar-refractivity contribution >= 4 is 17.2 Å². The van der Waals surface area contributed by atoms with Crippen LogP contribution in [0, 0.1) is 6.92 Å². The smallest absolute Gasteiger partial charge is 0.264 e. The first-order valence-electron chi connectivity index (χ1n) is 12.0. The molecule has 0 saturated heterocycles. The number of thiophene rings is 1. The van der Waals surface area contributed by atoms with Gasteiger partial charge in [-0.2, -0.15) is 5.10 Å². The molecule has 3 aromatic carbocycles. The Kier molecular flexibility index (Phi) is 7.33. The maximum absolute atomic E-state index is 13.6. The lowest BCUT2D eigenvalue weighted by Gasteiger charge is -2.23. The van der Waals surface area contributed by atoms with E-state index in [1.807, 2.05) is 114 Å². The second-order valence-corrected chi connectivity index (χ2v) is 9.44. The minimum absolute atomic E-state index is 0.0334.